The van der Waals surface area contributed by atoms with Crippen molar-refractivity contribution < 1.29 is 27.6 Å². The number of aromatic nitrogens is 2. The highest BCUT2D eigenvalue weighted by atomic mass is 19.4. The van der Waals surface area contributed by atoms with Gasteiger partial charge in [0.2, 0.25) is 5.95 Å². The number of nitrogens with zero attached hydrogens (tertiary/aromatic N) is 4. The number of hydrogen-bond acceptors (Lipinski definition) is 6. The fourth-order valence-electron chi connectivity index (χ4n) is 3.77. The molecule has 0 saturated carbocycles. The lowest BCUT2D eigenvalue weighted by atomic mass is 10.1. The molecule has 1 aromatic heterocycles. The van der Waals surface area contributed by atoms with Crippen LogP contribution in [-0.4, -0.2) is 46.3 Å². The third-order valence-electron chi connectivity index (χ3n) is 5.08. The summed E-state index contributed by atoms with van der Waals surface area (Å²) in [6.07, 6.45) is -1.32. The van der Waals surface area contributed by atoms with Gasteiger partial charge in [0.05, 0.1) is 22.9 Å². The summed E-state index contributed by atoms with van der Waals surface area (Å²) >= 11 is 0. The van der Waals surface area contributed by atoms with Crippen molar-refractivity contribution in [3.05, 3.63) is 47.5 Å². The average molecular weight is 397 g/mol. The second kappa shape index (κ2) is 6.59. The molecule has 4 rings (SSSR count). The highest BCUT2D eigenvalue weighted by Gasteiger charge is 2.45. The van der Waals surface area contributed by atoms with E-state index < -0.39 is 23.5 Å². The third-order valence-corrected chi connectivity index (χ3v) is 5.08. The lowest BCUT2D eigenvalue weighted by Gasteiger charge is -2.35. The fourth-order valence-corrected chi connectivity index (χ4v) is 3.77. The maximum atomic E-state index is 14.3. The number of alkyl halides is 3. The molecule has 1 amide bonds. The van der Waals surface area contributed by atoms with Crippen molar-refractivity contribution in [1.82, 2.24) is 15.4 Å². The van der Waals surface area contributed by atoms with Gasteiger partial charge in [0.1, 0.15) is 5.82 Å². The summed E-state index contributed by atoms with van der Waals surface area (Å²) in [4.78, 5) is 23.3. The van der Waals surface area contributed by atoms with Gasteiger partial charge in [-0.25, -0.2) is 19.8 Å². The summed E-state index contributed by atoms with van der Waals surface area (Å²) in [5.41, 5.74) is 0.731. The SMILES string of the molecule is O=C(NO)c1cnc(N2CC3CC2CN3c2ccc(C(F)(F)F)cc2F)nc1. The summed E-state index contributed by atoms with van der Waals surface area (Å²) in [6, 6.07) is 2.47. The number of halogens is 4. The van der Waals surface area contributed by atoms with E-state index in [1.807, 2.05) is 4.90 Å². The van der Waals surface area contributed by atoms with Crippen molar-refractivity contribution in [1.29, 1.82) is 0 Å². The minimum absolute atomic E-state index is 0.0239. The van der Waals surface area contributed by atoms with Gasteiger partial charge in [-0.05, 0) is 24.6 Å². The van der Waals surface area contributed by atoms with Crippen LogP contribution in [0.25, 0.3) is 0 Å². The average Bonchev–Trinajstić information content (AvgIpc) is 3.27. The monoisotopic (exact) mass is 397 g/mol. The number of fused-ring (bicyclic) bond motifs is 2. The molecule has 28 heavy (non-hydrogen) atoms. The van der Waals surface area contributed by atoms with Gasteiger partial charge in [0.25, 0.3) is 5.91 Å². The Morgan fingerprint density at radius 2 is 1.79 bits per heavy atom. The summed E-state index contributed by atoms with van der Waals surface area (Å²) in [7, 11) is 0. The van der Waals surface area contributed by atoms with Crippen LogP contribution in [0, 0.1) is 5.82 Å². The van der Waals surface area contributed by atoms with Gasteiger partial charge in [-0.2, -0.15) is 13.2 Å². The fraction of sp³-hybridized carbons (Fsp3) is 0.353. The van der Waals surface area contributed by atoms with E-state index >= 15 is 0 Å². The quantitative estimate of drug-likeness (QED) is 0.470. The second-order valence-corrected chi connectivity index (χ2v) is 6.72. The summed E-state index contributed by atoms with van der Waals surface area (Å²) < 4.78 is 52.5. The summed E-state index contributed by atoms with van der Waals surface area (Å²) in [5, 5.41) is 8.61. The molecular weight excluding hydrogens is 382 g/mol. The minimum atomic E-state index is -4.59. The molecule has 2 saturated heterocycles. The predicted octanol–water partition coefficient (Wildman–Crippen LogP) is 2.22. The van der Waals surface area contributed by atoms with Gasteiger partial charge in [-0.1, -0.05) is 0 Å². The minimum Gasteiger partial charge on any atom is -0.362 e. The van der Waals surface area contributed by atoms with Gasteiger partial charge in [-0.15, -0.1) is 0 Å². The van der Waals surface area contributed by atoms with Gasteiger partial charge in [0, 0.05) is 31.5 Å². The normalized spacial score (nSPS) is 21.3. The second-order valence-electron chi connectivity index (χ2n) is 6.72. The van der Waals surface area contributed by atoms with Crippen molar-refractivity contribution in [3.8, 4) is 0 Å². The first kappa shape index (κ1) is 18.4. The van der Waals surface area contributed by atoms with Crippen molar-refractivity contribution in [2.75, 3.05) is 22.9 Å². The number of amides is 1. The van der Waals surface area contributed by atoms with Crippen molar-refractivity contribution in [3.63, 3.8) is 0 Å². The van der Waals surface area contributed by atoms with Gasteiger partial charge < -0.3 is 9.80 Å². The molecule has 2 fully saturated rings. The predicted molar refractivity (Wildman–Crippen MR) is 89.6 cm³/mol. The van der Waals surface area contributed by atoms with E-state index in [1.54, 1.807) is 4.90 Å². The number of carbonyl (C=O) groups is 1. The number of hydrogen-bond donors (Lipinski definition) is 2. The molecule has 2 aromatic rings. The van der Waals surface area contributed by atoms with Crippen LogP contribution in [0.1, 0.15) is 22.3 Å². The lowest BCUT2D eigenvalue weighted by Crippen LogP contribution is -2.47. The van der Waals surface area contributed by atoms with Crippen molar-refractivity contribution in [2.45, 2.75) is 24.7 Å². The molecule has 2 N–H and O–H groups in total. The van der Waals surface area contributed by atoms with Crippen LogP contribution in [-0.2, 0) is 6.18 Å². The van der Waals surface area contributed by atoms with E-state index in [-0.39, 0.29) is 23.3 Å². The number of hydroxylamine groups is 1. The number of anilines is 2. The Hall–Kier alpha value is -2.95. The summed E-state index contributed by atoms with van der Waals surface area (Å²) in [5.74, 6) is -1.22. The zero-order chi connectivity index (χ0) is 20.1. The Balaban J connectivity index is 1.49. The molecular formula is C17H15F4N5O2. The van der Waals surface area contributed by atoms with E-state index in [4.69, 9.17) is 5.21 Å². The number of carbonyl (C=O) groups excluding carboxylic acids is 1. The van der Waals surface area contributed by atoms with Crippen LogP contribution in [0.15, 0.2) is 30.6 Å². The molecule has 0 spiro atoms. The molecule has 148 valence electrons. The molecule has 2 bridgehead atoms. The molecule has 11 heteroatoms. The first-order valence-electron chi connectivity index (χ1n) is 8.44. The molecule has 2 aliphatic heterocycles. The first-order valence-corrected chi connectivity index (χ1v) is 8.44. The van der Waals surface area contributed by atoms with Crippen molar-refractivity contribution in [2.24, 2.45) is 0 Å². The van der Waals surface area contributed by atoms with E-state index in [0.29, 0.717) is 31.5 Å². The third kappa shape index (κ3) is 3.11. The van der Waals surface area contributed by atoms with Crippen LogP contribution < -0.4 is 15.3 Å². The Labute approximate surface area is 156 Å². The summed E-state index contributed by atoms with van der Waals surface area (Å²) in [6.45, 7) is 0.909. The maximum Gasteiger partial charge on any atom is 0.416 e. The molecule has 0 aliphatic carbocycles. The zero-order valence-corrected chi connectivity index (χ0v) is 14.3. The Morgan fingerprint density at radius 3 is 2.32 bits per heavy atom. The Morgan fingerprint density at radius 1 is 1.14 bits per heavy atom. The lowest BCUT2D eigenvalue weighted by molar-refractivity contribution is -0.137. The topological polar surface area (TPSA) is 81.6 Å². The van der Waals surface area contributed by atoms with Gasteiger partial charge >= 0.3 is 6.18 Å². The number of piperazine rings is 1. The van der Waals surface area contributed by atoms with Crippen molar-refractivity contribution >= 4 is 17.5 Å². The van der Waals surface area contributed by atoms with E-state index in [2.05, 4.69) is 9.97 Å². The molecule has 2 aliphatic rings. The smallest absolute Gasteiger partial charge is 0.362 e. The largest absolute Gasteiger partial charge is 0.416 e. The van der Waals surface area contributed by atoms with Crippen LogP contribution in [0.4, 0.5) is 29.2 Å². The molecule has 1 aromatic carbocycles. The molecule has 0 radical (unpaired) electrons. The standard InChI is InChI=1S/C17H15F4N5O2/c18-13-3-10(17(19,20)21)1-2-14(13)25-7-12-4-11(25)8-26(12)16-22-5-9(6-23-16)15(27)24-28/h1-3,5-6,11-12,28H,4,7-8H2,(H,24,27). The van der Waals surface area contributed by atoms with Crippen LogP contribution in [0.2, 0.25) is 0 Å². The Bertz CT molecular complexity index is 905. The molecule has 2 atom stereocenters. The number of benzene rings is 1. The first-order chi connectivity index (χ1) is 13.3. The van der Waals surface area contributed by atoms with E-state index in [9.17, 15) is 22.4 Å². The highest BCUT2D eigenvalue weighted by Crippen LogP contribution is 2.39. The van der Waals surface area contributed by atoms with Gasteiger partial charge in [0.15, 0.2) is 0 Å². The van der Waals surface area contributed by atoms with Crippen LogP contribution in [0.3, 0.4) is 0 Å². The molecule has 2 unspecified atom stereocenters. The molecule has 7 nitrogen and oxygen atoms in total. The number of nitrogens with one attached hydrogen (secondary N) is 1. The molecule has 3 heterocycles. The maximum absolute atomic E-state index is 14.3. The van der Waals surface area contributed by atoms with Gasteiger partial charge in [-0.3, -0.25) is 10.0 Å². The highest BCUT2D eigenvalue weighted by molar-refractivity contribution is 5.92. The van der Waals surface area contributed by atoms with E-state index in [0.717, 1.165) is 6.07 Å². The Kier molecular flexibility index (Phi) is 4.33. The number of rotatable bonds is 3. The van der Waals surface area contributed by atoms with E-state index in [1.165, 1.54) is 23.9 Å². The van der Waals surface area contributed by atoms with Crippen LogP contribution in [0.5, 0.6) is 0 Å². The zero-order valence-electron chi connectivity index (χ0n) is 14.3. The van der Waals surface area contributed by atoms with Crippen LogP contribution >= 0.6 is 0 Å².